The van der Waals surface area contributed by atoms with Crippen molar-refractivity contribution in [2.75, 3.05) is 13.7 Å². The molecule has 1 aromatic rings. The number of hydroxylamine groups is 2. The second kappa shape index (κ2) is 8.13. The summed E-state index contributed by atoms with van der Waals surface area (Å²) < 4.78 is 5.81. The predicted molar refractivity (Wildman–Crippen MR) is 112 cm³/mol. The predicted octanol–water partition coefficient (Wildman–Crippen LogP) is 5.97. The van der Waals surface area contributed by atoms with Crippen LogP contribution < -0.4 is 4.74 Å². The van der Waals surface area contributed by atoms with Crippen molar-refractivity contribution in [1.82, 2.24) is 5.06 Å². The Morgan fingerprint density at radius 1 is 1.04 bits per heavy atom. The lowest BCUT2D eigenvalue weighted by Crippen LogP contribution is -2.51. The summed E-state index contributed by atoms with van der Waals surface area (Å²) >= 11 is 0. The molecule has 0 bridgehead atoms. The molecule has 1 aliphatic heterocycles. The molecular formula is C24H39NO2. The van der Waals surface area contributed by atoms with E-state index in [0.717, 1.165) is 31.6 Å². The van der Waals surface area contributed by atoms with Crippen LogP contribution in [-0.4, -0.2) is 30.4 Å². The molecule has 0 radical (unpaired) electrons. The Morgan fingerprint density at radius 2 is 1.74 bits per heavy atom. The SMILES string of the molecule is CC[C@H]1C[C@@](CC)(c2ccccc2OC)C[C@@H]2[C@@H]1N(CC)OC2(CC)CC. The number of para-hydroxylation sites is 1. The smallest absolute Gasteiger partial charge is 0.122 e. The van der Waals surface area contributed by atoms with Crippen molar-refractivity contribution in [3.8, 4) is 5.75 Å². The van der Waals surface area contributed by atoms with E-state index in [4.69, 9.17) is 9.57 Å². The van der Waals surface area contributed by atoms with Gasteiger partial charge in [0.05, 0.1) is 12.7 Å². The molecule has 152 valence electrons. The van der Waals surface area contributed by atoms with Gasteiger partial charge in [0.1, 0.15) is 5.75 Å². The molecule has 1 aliphatic carbocycles. The minimum Gasteiger partial charge on any atom is -0.496 e. The van der Waals surface area contributed by atoms with Crippen molar-refractivity contribution < 1.29 is 9.57 Å². The first-order chi connectivity index (χ1) is 13.0. The molecule has 0 unspecified atom stereocenters. The zero-order valence-corrected chi connectivity index (χ0v) is 18.3. The van der Waals surface area contributed by atoms with Gasteiger partial charge >= 0.3 is 0 Å². The average Bonchev–Trinajstić information content (AvgIpc) is 3.06. The third-order valence-electron chi connectivity index (χ3n) is 7.85. The highest BCUT2D eigenvalue weighted by Gasteiger charge is 2.59. The van der Waals surface area contributed by atoms with Crippen LogP contribution in [-0.2, 0) is 10.3 Å². The molecule has 3 rings (SSSR count). The fourth-order valence-electron chi connectivity index (χ4n) is 6.22. The molecule has 1 heterocycles. The van der Waals surface area contributed by atoms with Gasteiger partial charge in [0.2, 0.25) is 0 Å². The Kier molecular flexibility index (Phi) is 6.22. The molecular weight excluding hydrogens is 334 g/mol. The molecule has 3 nitrogen and oxygen atoms in total. The molecule has 0 N–H and O–H groups in total. The maximum atomic E-state index is 6.71. The first-order valence-corrected chi connectivity index (χ1v) is 11.1. The number of hydrogen-bond donors (Lipinski definition) is 0. The molecule has 1 saturated heterocycles. The average molecular weight is 374 g/mol. The zero-order chi connectivity index (χ0) is 19.7. The Morgan fingerprint density at radius 3 is 2.30 bits per heavy atom. The maximum absolute atomic E-state index is 6.71. The standard InChI is InChI=1S/C24H39NO2/c1-7-18-16-23(8-2,19-14-12-13-15-21(19)26-6)17-20-22(18)25(11-5)27-24(20,9-3)10-4/h12-15,18,20,22H,7-11,16-17H2,1-6H3/t18-,20+,22+,23+/m0/s1. The summed E-state index contributed by atoms with van der Waals surface area (Å²) in [5, 5.41) is 2.34. The van der Waals surface area contributed by atoms with E-state index < -0.39 is 0 Å². The van der Waals surface area contributed by atoms with Gasteiger partial charge in [-0.25, -0.2) is 0 Å². The lowest BCUT2D eigenvalue weighted by molar-refractivity contribution is -0.210. The fraction of sp³-hybridized carbons (Fsp3) is 0.750. The zero-order valence-electron chi connectivity index (χ0n) is 18.3. The van der Waals surface area contributed by atoms with Crippen LogP contribution in [0.2, 0.25) is 0 Å². The Bertz CT molecular complexity index is 627. The summed E-state index contributed by atoms with van der Waals surface area (Å²) in [4.78, 5) is 6.71. The lowest BCUT2D eigenvalue weighted by atomic mass is 9.55. The van der Waals surface area contributed by atoms with Crippen LogP contribution >= 0.6 is 0 Å². The van der Waals surface area contributed by atoms with Crippen molar-refractivity contribution in [3.63, 3.8) is 0 Å². The summed E-state index contributed by atoms with van der Waals surface area (Å²) in [5.41, 5.74) is 1.57. The first-order valence-electron chi connectivity index (χ1n) is 11.1. The molecule has 1 aromatic carbocycles. The van der Waals surface area contributed by atoms with Gasteiger partial charge in [0, 0.05) is 24.1 Å². The fourth-order valence-corrected chi connectivity index (χ4v) is 6.22. The summed E-state index contributed by atoms with van der Waals surface area (Å²) in [5.74, 6) is 2.29. The van der Waals surface area contributed by atoms with E-state index in [1.54, 1.807) is 0 Å². The number of benzene rings is 1. The number of methoxy groups -OCH3 is 1. The molecule has 0 spiro atoms. The summed E-state index contributed by atoms with van der Waals surface area (Å²) in [6, 6.07) is 9.26. The highest BCUT2D eigenvalue weighted by molar-refractivity contribution is 5.41. The van der Waals surface area contributed by atoms with Crippen molar-refractivity contribution in [2.24, 2.45) is 11.8 Å². The van der Waals surface area contributed by atoms with Gasteiger partial charge in [-0.05, 0) is 49.5 Å². The third-order valence-corrected chi connectivity index (χ3v) is 7.85. The van der Waals surface area contributed by atoms with E-state index in [0.29, 0.717) is 17.9 Å². The van der Waals surface area contributed by atoms with E-state index in [2.05, 4.69) is 63.9 Å². The third kappa shape index (κ3) is 3.21. The van der Waals surface area contributed by atoms with Crippen LogP contribution in [0.15, 0.2) is 24.3 Å². The number of hydrogen-bond acceptors (Lipinski definition) is 3. The Labute approximate surface area is 166 Å². The molecule has 0 aromatic heterocycles. The summed E-state index contributed by atoms with van der Waals surface area (Å²) in [7, 11) is 1.81. The monoisotopic (exact) mass is 373 g/mol. The number of nitrogens with zero attached hydrogens (tertiary/aromatic N) is 1. The summed E-state index contributed by atoms with van der Waals surface area (Å²) in [6.07, 6.45) is 6.96. The van der Waals surface area contributed by atoms with Crippen molar-refractivity contribution in [2.45, 2.75) is 90.2 Å². The number of fused-ring (bicyclic) bond motifs is 1. The Hall–Kier alpha value is -1.06. The van der Waals surface area contributed by atoms with Crippen molar-refractivity contribution in [1.29, 1.82) is 0 Å². The quantitative estimate of drug-likeness (QED) is 0.587. The van der Waals surface area contributed by atoms with Gasteiger partial charge in [0.25, 0.3) is 0 Å². The van der Waals surface area contributed by atoms with Crippen LogP contribution in [0, 0.1) is 11.8 Å². The number of ether oxygens (including phenoxy) is 1. The van der Waals surface area contributed by atoms with E-state index in [9.17, 15) is 0 Å². The lowest BCUT2D eigenvalue weighted by Gasteiger charge is -2.50. The molecule has 3 heteroatoms. The van der Waals surface area contributed by atoms with Crippen LogP contribution in [0.4, 0.5) is 0 Å². The van der Waals surface area contributed by atoms with E-state index in [1.807, 2.05) is 7.11 Å². The van der Waals surface area contributed by atoms with Crippen LogP contribution in [0.1, 0.15) is 78.7 Å². The Balaban J connectivity index is 2.10. The van der Waals surface area contributed by atoms with Gasteiger partial charge in [-0.15, -0.1) is 0 Å². The highest BCUT2D eigenvalue weighted by atomic mass is 16.7. The molecule has 0 amide bonds. The van der Waals surface area contributed by atoms with Gasteiger partial charge in [-0.2, -0.15) is 5.06 Å². The maximum Gasteiger partial charge on any atom is 0.122 e. The molecule has 2 aliphatic rings. The molecule has 2 fully saturated rings. The van der Waals surface area contributed by atoms with Crippen LogP contribution in [0.3, 0.4) is 0 Å². The topological polar surface area (TPSA) is 21.7 Å². The normalized spacial score (nSPS) is 33.0. The van der Waals surface area contributed by atoms with Gasteiger partial charge in [-0.3, -0.25) is 4.84 Å². The van der Waals surface area contributed by atoms with Gasteiger partial charge < -0.3 is 4.74 Å². The van der Waals surface area contributed by atoms with Crippen molar-refractivity contribution in [3.05, 3.63) is 29.8 Å². The second-order valence-electron chi connectivity index (χ2n) is 8.60. The van der Waals surface area contributed by atoms with Crippen molar-refractivity contribution >= 4 is 0 Å². The van der Waals surface area contributed by atoms with Crippen LogP contribution in [0.25, 0.3) is 0 Å². The molecule has 27 heavy (non-hydrogen) atoms. The first kappa shape index (κ1) is 20.7. The van der Waals surface area contributed by atoms with Gasteiger partial charge in [0.15, 0.2) is 0 Å². The summed E-state index contributed by atoms with van der Waals surface area (Å²) in [6.45, 7) is 12.6. The highest BCUT2D eigenvalue weighted by Crippen LogP contribution is 2.58. The van der Waals surface area contributed by atoms with E-state index in [1.165, 1.54) is 24.8 Å². The largest absolute Gasteiger partial charge is 0.496 e. The molecule has 1 saturated carbocycles. The van der Waals surface area contributed by atoms with Gasteiger partial charge in [-0.1, -0.05) is 59.2 Å². The van der Waals surface area contributed by atoms with E-state index >= 15 is 0 Å². The van der Waals surface area contributed by atoms with E-state index in [-0.39, 0.29) is 11.0 Å². The van der Waals surface area contributed by atoms with Crippen LogP contribution in [0.5, 0.6) is 5.75 Å². The minimum atomic E-state index is -0.0169. The number of rotatable bonds is 7. The second-order valence-corrected chi connectivity index (χ2v) is 8.60. The molecule has 4 atom stereocenters. The minimum absolute atomic E-state index is 0.0169.